The fraction of sp³-hybridized carbons (Fsp3) is 0.300. The first-order valence-corrected chi connectivity index (χ1v) is 4.31. The number of ether oxygens (including phenoxy) is 2. The molecule has 16 heavy (non-hydrogen) atoms. The number of hydrogen-bond acceptors (Lipinski definition) is 5. The molecule has 86 valence electrons. The van der Waals surface area contributed by atoms with Crippen molar-refractivity contribution in [2.75, 3.05) is 14.2 Å². The molecule has 0 amide bonds. The van der Waals surface area contributed by atoms with E-state index in [0.29, 0.717) is 0 Å². The van der Waals surface area contributed by atoms with Crippen LogP contribution in [0.1, 0.15) is 5.56 Å². The molecule has 0 aliphatic rings. The molecule has 0 heterocycles. The second kappa shape index (κ2) is 5.14. The van der Waals surface area contributed by atoms with Crippen molar-refractivity contribution in [3.05, 3.63) is 17.4 Å². The molecule has 0 unspecified atom stereocenters. The van der Waals surface area contributed by atoms with Gasteiger partial charge in [-0.05, 0) is 0 Å². The van der Waals surface area contributed by atoms with Gasteiger partial charge in [-0.15, -0.1) is 0 Å². The largest absolute Gasteiger partial charge is 0.505 e. The van der Waals surface area contributed by atoms with Gasteiger partial charge in [-0.25, -0.2) is 14.2 Å². The highest BCUT2D eigenvalue weighted by molar-refractivity contribution is 5.53. The zero-order valence-corrected chi connectivity index (χ0v) is 8.78. The first kappa shape index (κ1) is 12.0. The van der Waals surface area contributed by atoms with Crippen molar-refractivity contribution in [3.63, 3.8) is 0 Å². The molecule has 0 saturated carbocycles. The van der Waals surface area contributed by atoms with Gasteiger partial charge >= 0.3 is 0 Å². The van der Waals surface area contributed by atoms with Gasteiger partial charge in [0, 0.05) is 6.07 Å². The van der Waals surface area contributed by atoms with E-state index in [2.05, 4.69) is 4.99 Å². The summed E-state index contributed by atoms with van der Waals surface area (Å²) in [5.74, 6) is -1.22. The molecule has 5 nitrogen and oxygen atoms in total. The summed E-state index contributed by atoms with van der Waals surface area (Å²) in [5, 5.41) is 9.28. The first-order valence-electron chi connectivity index (χ1n) is 4.31. The number of carbonyl (C=O) groups excluding carboxylic acids is 1. The Balaban J connectivity index is 3.39. The van der Waals surface area contributed by atoms with Crippen LogP contribution >= 0.6 is 0 Å². The Morgan fingerprint density at radius 3 is 2.69 bits per heavy atom. The van der Waals surface area contributed by atoms with E-state index in [9.17, 15) is 14.3 Å². The van der Waals surface area contributed by atoms with E-state index in [1.807, 2.05) is 0 Å². The molecule has 0 atom stereocenters. The average molecular weight is 227 g/mol. The lowest BCUT2D eigenvalue weighted by Crippen LogP contribution is -1.99. The number of methoxy groups -OCH3 is 2. The van der Waals surface area contributed by atoms with Crippen LogP contribution in [0.15, 0.2) is 11.1 Å². The zero-order chi connectivity index (χ0) is 12.1. The Hall–Kier alpha value is -2.07. The number of isocyanates is 1. The van der Waals surface area contributed by atoms with E-state index in [1.54, 1.807) is 0 Å². The van der Waals surface area contributed by atoms with Crippen LogP contribution in [0.2, 0.25) is 0 Å². The van der Waals surface area contributed by atoms with Crippen LogP contribution in [0, 0.1) is 5.82 Å². The van der Waals surface area contributed by atoms with Gasteiger partial charge in [-0.2, -0.15) is 0 Å². The highest BCUT2D eigenvalue weighted by atomic mass is 19.1. The first-order chi connectivity index (χ1) is 7.65. The third kappa shape index (κ3) is 2.12. The second-order valence-electron chi connectivity index (χ2n) is 2.83. The smallest absolute Gasteiger partial charge is 0.235 e. The molecule has 0 fully saturated rings. The van der Waals surface area contributed by atoms with Crippen molar-refractivity contribution in [2.24, 2.45) is 4.99 Å². The van der Waals surface area contributed by atoms with Crippen LogP contribution in [-0.2, 0) is 11.3 Å². The molecule has 1 N–H and O–H groups in total. The molecule has 0 bridgehead atoms. The van der Waals surface area contributed by atoms with Gasteiger partial charge in [0.15, 0.2) is 23.1 Å². The maximum Gasteiger partial charge on any atom is 0.235 e. The predicted octanol–water partition coefficient (Wildman–Crippen LogP) is 1.38. The molecular formula is C10H10FNO4. The molecule has 1 aromatic carbocycles. The van der Waals surface area contributed by atoms with Crippen LogP contribution in [0.25, 0.3) is 0 Å². The van der Waals surface area contributed by atoms with E-state index in [-0.39, 0.29) is 23.6 Å². The van der Waals surface area contributed by atoms with E-state index >= 15 is 0 Å². The van der Waals surface area contributed by atoms with Crippen molar-refractivity contribution in [2.45, 2.75) is 6.54 Å². The number of hydrogen-bond donors (Lipinski definition) is 1. The van der Waals surface area contributed by atoms with Crippen LogP contribution in [0.3, 0.4) is 0 Å². The number of aliphatic imine (C=N–C) groups is 1. The fourth-order valence-corrected chi connectivity index (χ4v) is 1.28. The third-order valence-electron chi connectivity index (χ3n) is 1.98. The lowest BCUT2D eigenvalue weighted by molar-refractivity contribution is 0.340. The second-order valence-corrected chi connectivity index (χ2v) is 2.83. The minimum absolute atomic E-state index is 0.0531. The Labute approximate surface area is 91.1 Å². The highest BCUT2D eigenvalue weighted by Gasteiger charge is 2.19. The number of nitrogens with zero attached hydrogens (tertiary/aromatic N) is 1. The quantitative estimate of drug-likeness (QED) is 0.623. The maximum atomic E-state index is 13.5. The van der Waals surface area contributed by atoms with E-state index in [0.717, 1.165) is 6.07 Å². The molecule has 0 saturated heterocycles. The van der Waals surface area contributed by atoms with Crippen LogP contribution in [-0.4, -0.2) is 25.4 Å². The summed E-state index contributed by atoms with van der Waals surface area (Å²) >= 11 is 0. The summed E-state index contributed by atoms with van der Waals surface area (Å²) in [6.07, 6.45) is 1.28. The van der Waals surface area contributed by atoms with Gasteiger partial charge in [-0.3, -0.25) is 0 Å². The Morgan fingerprint density at radius 1 is 1.50 bits per heavy atom. The van der Waals surface area contributed by atoms with Gasteiger partial charge in [0.1, 0.15) is 0 Å². The summed E-state index contributed by atoms with van der Waals surface area (Å²) < 4.78 is 23.3. The van der Waals surface area contributed by atoms with Gasteiger partial charge in [-0.1, -0.05) is 0 Å². The van der Waals surface area contributed by atoms with Crippen molar-refractivity contribution < 1.29 is 23.8 Å². The third-order valence-corrected chi connectivity index (χ3v) is 1.98. The topological polar surface area (TPSA) is 68.1 Å². The van der Waals surface area contributed by atoms with Gasteiger partial charge in [0.2, 0.25) is 6.08 Å². The number of aromatic hydroxyl groups is 1. The molecular weight excluding hydrogens is 217 g/mol. The summed E-state index contributed by atoms with van der Waals surface area (Å²) in [6.45, 7) is -0.275. The molecule has 0 radical (unpaired) electrons. The monoisotopic (exact) mass is 227 g/mol. The lowest BCUT2D eigenvalue weighted by Gasteiger charge is -2.12. The van der Waals surface area contributed by atoms with Crippen molar-refractivity contribution in [1.82, 2.24) is 0 Å². The summed E-state index contributed by atoms with van der Waals surface area (Å²) in [6, 6.07) is 1.09. The van der Waals surface area contributed by atoms with Crippen LogP contribution in [0.4, 0.5) is 4.39 Å². The molecule has 6 heteroatoms. The van der Waals surface area contributed by atoms with Gasteiger partial charge < -0.3 is 14.6 Å². The lowest BCUT2D eigenvalue weighted by atomic mass is 10.1. The normalized spacial score (nSPS) is 9.44. The molecule has 0 spiro atoms. The fourth-order valence-electron chi connectivity index (χ4n) is 1.28. The molecule has 1 aromatic rings. The Morgan fingerprint density at radius 2 is 2.19 bits per heavy atom. The number of halogens is 1. The standard InChI is InChI=1S/C10H10FNO4/c1-15-8-3-7(14)9(11)6(4-12-5-13)10(8)16-2/h3,14H,4H2,1-2H3. The van der Waals surface area contributed by atoms with Crippen molar-refractivity contribution in [1.29, 1.82) is 0 Å². The number of benzene rings is 1. The summed E-state index contributed by atoms with van der Waals surface area (Å²) in [7, 11) is 2.67. The minimum atomic E-state index is -0.892. The van der Waals surface area contributed by atoms with E-state index in [4.69, 9.17) is 9.47 Å². The zero-order valence-electron chi connectivity index (χ0n) is 8.78. The molecule has 1 rings (SSSR count). The van der Waals surface area contributed by atoms with Crippen LogP contribution < -0.4 is 9.47 Å². The van der Waals surface area contributed by atoms with Crippen molar-refractivity contribution >= 4 is 6.08 Å². The van der Waals surface area contributed by atoms with Crippen LogP contribution in [0.5, 0.6) is 17.2 Å². The number of phenolic OH excluding ortho intramolecular Hbond substituents is 1. The SMILES string of the molecule is COc1cc(O)c(F)c(CN=C=O)c1OC. The number of rotatable bonds is 4. The maximum absolute atomic E-state index is 13.5. The summed E-state index contributed by atoms with van der Waals surface area (Å²) in [5.41, 5.74) is -0.0531. The average Bonchev–Trinajstić information content (AvgIpc) is 2.30. The summed E-state index contributed by atoms with van der Waals surface area (Å²) in [4.78, 5) is 13.2. The van der Waals surface area contributed by atoms with Gasteiger partial charge in [0.05, 0.1) is 26.3 Å². The molecule has 0 aromatic heterocycles. The van der Waals surface area contributed by atoms with Crippen molar-refractivity contribution in [3.8, 4) is 17.2 Å². The molecule has 0 aliphatic carbocycles. The Kier molecular flexibility index (Phi) is 3.85. The van der Waals surface area contributed by atoms with E-state index < -0.39 is 11.6 Å². The molecule has 0 aliphatic heterocycles. The highest BCUT2D eigenvalue weighted by Crippen LogP contribution is 2.38. The van der Waals surface area contributed by atoms with E-state index in [1.165, 1.54) is 20.3 Å². The van der Waals surface area contributed by atoms with Gasteiger partial charge in [0.25, 0.3) is 0 Å². The Bertz CT molecular complexity index is 441. The minimum Gasteiger partial charge on any atom is -0.505 e. The predicted molar refractivity (Wildman–Crippen MR) is 53.0 cm³/mol. The number of phenols is 1.